The number of rotatable bonds is 4. The quantitative estimate of drug-likeness (QED) is 0.561. The molecule has 1 aliphatic rings. The maximum Gasteiger partial charge on any atom is 0.374 e. The van der Waals surface area contributed by atoms with Gasteiger partial charge in [0.1, 0.15) is 28.9 Å². The van der Waals surface area contributed by atoms with Crippen LogP contribution in [0.3, 0.4) is 0 Å². The van der Waals surface area contributed by atoms with Crippen LogP contribution in [0.15, 0.2) is 44.8 Å². The van der Waals surface area contributed by atoms with Gasteiger partial charge in [0.15, 0.2) is 0 Å². The first kappa shape index (κ1) is 19.9. The maximum absolute atomic E-state index is 13.0. The van der Waals surface area contributed by atoms with Gasteiger partial charge in [0.05, 0.1) is 7.11 Å². The van der Waals surface area contributed by atoms with Gasteiger partial charge in [0.25, 0.3) is 0 Å². The van der Waals surface area contributed by atoms with E-state index >= 15 is 0 Å². The number of benzene rings is 1. The summed E-state index contributed by atoms with van der Waals surface area (Å²) in [4.78, 5) is 47.7. The first-order valence-electron chi connectivity index (χ1n) is 8.40. The molecule has 1 aromatic carbocycles. The summed E-state index contributed by atoms with van der Waals surface area (Å²) in [6.07, 6.45) is 2.75. The van der Waals surface area contributed by atoms with Crippen LogP contribution < -0.4 is 14.9 Å². The first-order valence-corrected chi connectivity index (χ1v) is 8.40. The second-order valence-corrected chi connectivity index (χ2v) is 5.92. The maximum atomic E-state index is 13.0. The van der Waals surface area contributed by atoms with Crippen molar-refractivity contribution in [1.29, 1.82) is 0 Å². The fraction of sp³-hybridized carbons (Fsp3) is 0.200. The number of carbonyl (C=O) groups excluding carboxylic acids is 3. The highest BCUT2D eigenvalue weighted by atomic mass is 16.6. The van der Waals surface area contributed by atoms with Crippen molar-refractivity contribution in [2.45, 2.75) is 13.8 Å². The molecule has 0 saturated heterocycles. The van der Waals surface area contributed by atoms with Gasteiger partial charge in [-0.2, -0.15) is 0 Å². The lowest BCUT2D eigenvalue weighted by Gasteiger charge is -2.12. The van der Waals surface area contributed by atoms with Crippen molar-refractivity contribution < 1.29 is 37.7 Å². The Labute approximate surface area is 164 Å². The zero-order chi connectivity index (χ0) is 21.1. The van der Waals surface area contributed by atoms with Gasteiger partial charge < -0.3 is 23.4 Å². The molecule has 29 heavy (non-hydrogen) atoms. The Bertz CT molecular complexity index is 1130. The molecule has 1 aromatic heterocycles. The zero-order valence-electron chi connectivity index (χ0n) is 15.8. The number of fused-ring (bicyclic) bond motifs is 2. The molecule has 0 aliphatic carbocycles. The van der Waals surface area contributed by atoms with Crippen molar-refractivity contribution in [3.8, 4) is 11.7 Å². The molecule has 9 heteroatoms. The van der Waals surface area contributed by atoms with Gasteiger partial charge in [0.2, 0.25) is 11.2 Å². The summed E-state index contributed by atoms with van der Waals surface area (Å²) in [7, 11) is 1.15. The van der Waals surface area contributed by atoms with Crippen LogP contribution in [0.5, 0.6) is 11.7 Å². The summed E-state index contributed by atoms with van der Waals surface area (Å²) >= 11 is 0. The Kier molecular flexibility index (Phi) is 5.49. The zero-order valence-corrected chi connectivity index (χ0v) is 15.8. The number of hydrogen-bond donors (Lipinski definition) is 0. The second-order valence-electron chi connectivity index (χ2n) is 5.92. The number of carbonyl (C=O) groups is 3. The molecule has 2 heterocycles. The van der Waals surface area contributed by atoms with Crippen molar-refractivity contribution in [1.82, 2.24) is 0 Å². The normalized spacial score (nSPS) is 12.7. The Morgan fingerprint density at radius 3 is 2.48 bits per heavy atom. The SMILES string of the molecule is COC(=O)C1=C(COC(C)=O)C=Cc2c(oc3cccc(OC(C)=O)c3c2=O)O1. The minimum atomic E-state index is -0.846. The molecule has 0 amide bonds. The molecular formula is C20H16O9. The first-order chi connectivity index (χ1) is 13.8. The molecular weight excluding hydrogens is 384 g/mol. The fourth-order valence-electron chi connectivity index (χ4n) is 2.64. The lowest BCUT2D eigenvalue weighted by molar-refractivity contribution is -0.141. The molecule has 0 fully saturated rings. The van der Waals surface area contributed by atoms with Gasteiger partial charge in [-0.3, -0.25) is 14.4 Å². The minimum Gasteiger partial charge on any atom is -0.463 e. The molecule has 0 atom stereocenters. The van der Waals surface area contributed by atoms with E-state index < -0.39 is 23.3 Å². The average Bonchev–Trinajstić information content (AvgIpc) is 2.85. The van der Waals surface area contributed by atoms with Gasteiger partial charge >= 0.3 is 23.9 Å². The lowest BCUT2D eigenvalue weighted by atomic mass is 10.1. The molecule has 0 N–H and O–H groups in total. The molecule has 0 spiro atoms. The Balaban J connectivity index is 2.18. The number of ether oxygens (including phenoxy) is 4. The van der Waals surface area contributed by atoms with E-state index in [1.54, 1.807) is 0 Å². The van der Waals surface area contributed by atoms with Gasteiger partial charge in [-0.05, 0) is 18.2 Å². The standard InChI is InChI=1S/C20H16O9/c1-10(21)26-9-12-7-8-13-17(23)16-14(27-11(2)22)5-4-6-15(16)28-20(13)29-18(12)19(24)25-3/h4-8H,9H2,1-3H3. The van der Waals surface area contributed by atoms with Crippen LogP contribution in [0.2, 0.25) is 0 Å². The summed E-state index contributed by atoms with van der Waals surface area (Å²) in [6.45, 7) is 2.14. The molecule has 1 aliphatic heterocycles. The van der Waals surface area contributed by atoms with Crippen LogP contribution in [0.1, 0.15) is 19.4 Å². The molecule has 0 saturated carbocycles. The van der Waals surface area contributed by atoms with Crippen LogP contribution in [0.4, 0.5) is 0 Å². The predicted molar refractivity (Wildman–Crippen MR) is 99.1 cm³/mol. The highest BCUT2D eigenvalue weighted by Gasteiger charge is 2.26. The van der Waals surface area contributed by atoms with E-state index in [4.69, 9.17) is 23.4 Å². The largest absolute Gasteiger partial charge is 0.463 e. The monoisotopic (exact) mass is 400 g/mol. The van der Waals surface area contributed by atoms with Gasteiger partial charge in [0, 0.05) is 19.4 Å². The summed E-state index contributed by atoms with van der Waals surface area (Å²) in [5.74, 6) is -2.52. The Morgan fingerprint density at radius 1 is 1.07 bits per heavy atom. The summed E-state index contributed by atoms with van der Waals surface area (Å²) in [5.41, 5.74) is -0.292. The molecule has 0 bridgehead atoms. The van der Waals surface area contributed by atoms with Crippen molar-refractivity contribution in [3.05, 3.63) is 51.4 Å². The van der Waals surface area contributed by atoms with E-state index in [1.807, 2.05) is 0 Å². The van der Waals surface area contributed by atoms with Gasteiger partial charge in [-0.25, -0.2) is 4.79 Å². The third-order valence-corrected chi connectivity index (χ3v) is 3.88. The van der Waals surface area contributed by atoms with Crippen molar-refractivity contribution in [2.24, 2.45) is 0 Å². The van der Waals surface area contributed by atoms with E-state index in [-0.39, 0.29) is 46.2 Å². The number of esters is 3. The second kappa shape index (κ2) is 8.01. The van der Waals surface area contributed by atoms with Crippen LogP contribution in [0.25, 0.3) is 17.0 Å². The van der Waals surface area contributed by atoms with E-state index in [2.05, 4.69) is 0 Å². The Morgan fingerprint density at radius 2 is 1.83 bits per heavy atom. The highest BCUT2D eigenvalue weighted by Crippen LogP contribution is 2.32. The highest BCUT2D eigenvalue weighted by molar-refractivity contribution is 5.91. The van der Waals surface area contributed by atoms with E-state index in [9.17, 15) is 19.2 Å². The molecule has 9 nitrogen and oxygen atoms in total. The molecule has 150 valence electrons. The molecule has 0 radical (unpaired) electrons. The van der Waals surface area contributed by atoms with E-state index in [0.29, 0.717) is 0 Å². The molecule has 3 rings (SSSR count). The fourth-order valence-corrected chi connectivity index (χ4v) is 2.64. The van der Waals surface area contributed by atoms with E-state index in [1.165, 1.54) is 44.2 Å². The minimum absolute atomic E-state index is 0.0173. The third kappa shape index (κ3) is 4.03. The van der Waals surface area contributed by atoms with Crippen molar-refractivity contribution >= 4 is 35.0 Å². The van der Waals surface area contributed by atoms with Crippen LogP contribution in [-0.2, 0) is 23.9 Å². The molecule has 0 unspecified atom stereocenters. The smallest absolute Gasteiger partial charge is 0.374 e. The van der Waals surface area contributed by atoms with Crippen molar-refractivity contribution in [3.63, 3.8) is 0 Å². The van der Waals surface area contributed by atoms with E-state index in [0.717, 1.165) is 7.11 Å². The summed E-state index contributed by atoms with van der Waals surface area (Å²) in [5, 5.41) is 0.0396. The topological polar surface area (TPSA) is 118 Å². The van der Waals surface area contributed by atoms with Crippen LogP contribution in [-0.4, -0.2) is 31.6 Å². The predicted octanol–water partition coefficient (Wildman–Crippen LogP) is 2.11. The van der Waals surface area contributed by atoms with Crippen LogP contribution >= 0.6 is 0 Å². The number of hydrogen-bond acceptors (Lipinski definition) is 9. The number of methoxy groups -OCH3 is 1. The molecule has 2 aromatic rings. The third-order valence-electron chi connectivity index (χ3n) is 3.88. The van der Waals surface area contributed by atoms with Gasteiger partial charge in [-0.1, -0.05) is 12.1 Å². The van der Waals surface area contributed by atoms with Crippen LogP contribution in [0, 0.1) is 0 Å². The summed E-state index contributed by atoms with van der Waals surface area (Å²) < 4.78 is 25.9. The Hall–Kier alpha value is -3.88. The van der Waals surface area contributed by atoms with Crippen molar-refractivity contribution in [2.75, 3.05) is 13.7 Å². The lowest BCUT2D eigenvalue weighted by Crippen LogP contribution is -2.17. The average molecular weight is 400 g/mol. The summed E-state index contributed by atoms with van der Waals surface area (Å²) in [6, 6.07) is 4.48. The van der Waals surface area contributed by atoms with Gasteiger partial charge in [-0.15, -0.1) is 0 Å².